The standard InChI is InChI=1S/C16H18ClNO5/c1-3-6-18-16(20)10(2)23-14(19)5-4-11-7-12(17)15-13(8-11)21-9-22-15/h4-5,7-8,10H,3,6,9H2,1-2H3,(H,18,20)/b5-4+/t10-/m0/s1. The van der Waals surface area contributed by atoms with Crippen LogP contribution in [0.2, 0.25) is 5.02 Å². The van der Waals surface area contributed by atoms with Crippen molar-refractivity contribution in [3.05, 3.63) is 28.8 Å². The molecule has 0 aromatic heterocycles. The lowest BCUT2D eigenvalue weighted by atomic mass is 10.2. The van der Waals surface area contributed by atoms with E-state index in [1.807, 2.05) is 6.92 Å². The fraction of sp³-hybridized carbons (Fsp3) is 0.375. The third-order valence-electron chi connectivity index (χ3n) is 3.07. The number of benzene rings is 1. The molecular formula is C16H18ClNO5. The summed E-state index contributed by atoms with van der Waals surface area (Å²) in [6.45, 7) is 4.13. The summed E-state index contributed by atoms with van der Waals surface area (Å²) in [5.74, 6) is 0.0862. The third kappa shape index (κ3) is 4.63. The molecule has 1 aliphatic rings. The van der Waals surface area contributed by atoms with E-state index in [0.29, 0.717) is 28.6 Å². The Morgan fingerprint density at radius 2 is 2.22 bits per heavy atom. The van der Waals surface area contributed by atoms with Gasteiger partial charge in [0, 0.05) is 12.6 Å². The van der Waals surface area contributed by atoms with Crippen molar-refractivity contribution in [1.82, 2.24) is 5.32 Å². The molecule has 0 aliphatic carbocycles. The second-order valence-electron chi connectivity index (χ2n) is 4.94. The Hall–Kier alpha value is -2.21. The molecule has 0 saturated heterocycles. The van der Waals surface area contributed by atoms with Crippen LogP contribution in [-0.2, 0) is 14.3 Å². The van der Waals surface area contributed by atoms with Crippen molar-refractivity contribution < 1.29 is 23.8 Å². The molecule has 2 rings (SSSR count). The smallest absolute Gasteiger partial charge is 0.331 e. The first kappa shape index (κ1) is 17.1. The highest BCUT2D eigenvalue weighted by Gasteiger charge is 2.18. The molecule has 1 aliphatic heterocycles. The van der Waals surface area contributed by atoms with Gasteiger partial charge in [-0.2, -0.15) is 0 Å². The molecular weight excluding hydrogens is 322 g/mol. The summed E-state index contributed by atoms with van der Waals surface area (Å²) in [5, 5.41) is 3.06. The van der Waals surface area contributed by atoms with Crippen LogP contribution < -0.4 is 14.8 Å². The first-order valence-corrected chi connectivity index (χ1v) is 7.64. The van der Waals surface area contributed by atoms with E-state index in [4.69, 9.17) is 25.8 Å². The zero-order valence-electron chi connectivity index (χ0n) is 12.9. The van der Waals surface area contributed by atoms with Crippen LogP contribution in [0.1, 0.15) is 25.8 Å². The Bertz CT molecular complexity index is 629. The molecule has 1 aromatic rings. The molecule has 7 heteroatoms. The normalized spacial score (nSPS) is 13.9. The maximum absolute atomic E-state index is 11.7. The average molecular weight is 340 g/mol. The van der Waals surface area contributed by atoms with E-state index < -0.39 is 12.1 Å². The minimum absolute atomic E-state index is 0.120. The number of esters is 1. The summed E-state index contributed by atoms with van der Waals surface area (Å²) >= 11 is 6.06. The monoisotopic (exact) mass is 339 g/mol. The number of carbonyl (C=O) groups excluding carboxylic acids is 2. The highest BCUT2D eigenvalue weighted by atomic mass is 35.5. The molecule has 0 bridgehead atoms. The molecule has 0 fully saturated rings. The van der Waals surface area contributed by atoms with Gasteiger partial charge in [0.15, 0.2) is 17.6 Å². The lowest BCUT2D eigenvalue weighted by Crippen LogP contribution is -2.35. The Kier molecular flexibility index (Phi) is 5.87. The SMILES string of the molecule is CCCNC(=O)[C@H](C)OC(=O)/C=C/c1cc(Cl)c2c(c1)OCO2. The quantitative estimate of drug-likeness (QED) is 0.637. The minimum atomic E-state index is -0.848. The molecule has 0 spiro atoms. The highest BCUT2D eigenvalue weighted by molar-refractivity contribution is 6.32. The summed E-state index contributed by atoms with van der Waals surface area (Å²) in [4.78, 5) is 23.4. The van der Waals surface area contributed by atoms with Crippen molar-refractivity contribution in [3.63, 3.8) is 0 Å². The van der Waals surface area contributed by atoms with Gasteiger partial charge in [-0.15, -0.1) is 0 Å². The lowest BCUT2D eigenvalue weighted by Gasteiger charge is -2.11. The summed E-state index contributed by atoms with van der Waals surface area (Å²) in [6.07, 6.45) is 2.74. The maximum atomic E-state index is 11.7. The van der Waals surface area contributed by atoms with Crippen molar-refractivity contribution in [2.75, 3.05) is 13.3 Å². The van der Waals surface area contributed by atoms with Crippen LogP contribution in [-0.4, -0.2) is 31.3 Å². The number of rotatable bonds is 6. The van der Waals surface area contributed by atoms with Crippen molar-refractivity contribution in [2.24, 2.45) is 0 Å². The van der Waals surface area contributed by atoms with Crippen molar-refractivity contribution in [1.29, 1.82) is 0 Å². The predicted octanol–water partition coefficient (Wildman–Crippen LogP) is 2.54. The number of nitrogens with one attached hydrogen (secondary N) is 1. The summed E-state index contributed by atoms with van der Waals surface area (Å²) < 4.78 is 15.5. The average Bonchev–Trinajstić information content (AvgIpc) is 2.99. The van der Waals surface area contributed by atoms with Crippen LogP contribution in [0.25, 0.3) is 6.08 Å². The number of hydrogen-bond donors (Lipinski definition) is 1. The molecule has 6 nitrogen and oxygen atoms in total. The van der Waals surface area contributed by atoms with Gasteiger partial charge in [-0.3, -0.25) is 4.79 Å². The Balaban J connectivity index is 1.94. The predicted molar refractivity (Wildman–Crippen MR) is 85.5 cm³/mol. The first-order valence-electron chi connectivity index (χ1n) is 7.26. The topological polar surface area (TPSA) is 73.9 Å². The fourth-order valence-corrected chi connectivity index (χ4v) is 2.18. The highest BCUT2D eigenvalue weighted by Crippen LogP contribution is 2.40. The zero-order chi connectivity index (χ0) is 16.8. The van der Waals surface area contributed by atoms with Crippen LogP contribution in [0.3, 0.4) is 0 Å². The molecule has 0 unspecified atom stereocenters. The Labute approximate surface area is 139 Å². The molecule has 0 radical (unpaired) electrons. The lowest BCUT2D eigenvalue weighted by molar-refractivity contribution is -0.150. The van der Waals surface area contributed by atoms with Crippen molar-refractivity contribution in [2.45, 2.75) is 26.4 Å². The molecule has 1 N–H and O–H groups in total. The van der Waals surface area contributed by atoms with Gasteiger partial charge in [-0.1, -0.05) is 18.5 Å². The summed E-state index contributed by atoms with van der Waals surface area (Å²) in [5.41, 5.74) is 0.666. The van der Waals surface area contributed by atoms with Gasteiger partial charge in [0.2, 0.25) is 6.79 Å². The van der Waals surface area contributed by atoms with E-state index in [2.05, 4.69) is 5.32 Å². The third-order valence-corrected chi connectivity index (χ3v) is 3.35. The van der Waals surface area contributed by atoms with Gasteiger partial charge in [-0.05, 0) is 37.1 Å². The molecule has 23 heavy (non-hydrogen) atoms. The van der Waals surface area contributed by atoms with Crippen molar-refractivity contribution in [3.8, 4) is 11.5 Å². The molecule has 1 heterocycles. The molecule has 1 aromatic carbocycles. The Morgan fingerprint density at radius 1 is 1.43 bits per heavy atom. The van der Waals surface area contributed by atoms with Gasteiger partial charge < -0.3 is 19.5 Å². The second kappa shape index (κ2) is 7.87. The summed E-state index contributed by atoms with van der Waals surface area (Å²) in [6, 6.07) is 3.35. The molecule has 0 saturated carbocycles. The van der Waals surface area contributed by atoms with Crippen LogP contribution in [0, 0.1) is 0 Å². The van der Waals surface area contributed by atoms with Gasteiger partial charge in [-0.25, -0.2) is 4.79 Å². The van der Waals surface area contributed by atoms with Crippen LogP contribution >= 0.6 is 11.6 Å². The number of halogens is 1. The number of amides is 1. The summed E-state index contributed by atoms with van der Waals surface area (Å²) in [7, 11) is 0. The van der Waals surface area contributed by atoms with E-state index in [-0.39, 0.29) is 12.7 Å². The van der Waals surface area contributed by atoms with Crippen molar-refractivity contribution >= 4 is 29.6 Å². The number of fused-ring (bicyclic) bond motifs is 1. The fourth-order valence-electron chi connectivity index (χ4n) is 1.91. The second-order valence-corrected chi connectivity index (χ2v) is 5.35. The van der Waals surface area contributed by atoms with Gasteiger partial charge in [0.25, 0.3) is 5.91 Å². The molecule has 1 amide bonds. The number of carbonyl (C=O) groups is 2. The Morgan fingerprint density at radius 3 is 2.96 bits per heavy atom. The largest absolute Gasteiger partial charge is 0.454 e. The van der Waals surface area contributed by atoms with Crippen LogP contribution in [0.15, 0.2) is 18.2 Å². The molecule has 1 atom stereocenters. The van der Waals surface area contributed by atoms with Gasteiger partial charge in [0.1, 0.15) is 0 Å². The van der Waals surface area contributed by atoms with E-state index in [9.17, 15) is 9.59 Å². The van der Waals surface area contributed by atoms with E-state index in [1.165, 1.54) is 19.1 Å². The van der Waals surface area contributed by atoms with Crippen LogP contribution in [0.4, 0.5) is 0 Å². The minimum Gasteiger partial charge on any atom is -0.454 e. The molecule has 124 valence electrons. The van der Waals surface area contributed by atoms with E-state index in [1.54, 1.807) is 12.1 Å². The number of ether oxygens (including phenoxy) is 3. The first-order chi connectivity index (χ1) is 11.0. The van der Waals surface area contributed by atoms with Gasteiger partial charge >= 0.3 is 5.97 Å². The number of hydrogen-bond acceptors (Lipinski definition) is 5. The zero-order valence-corrected chi connectivity index (χ0v) is 13.7. The van der Waals surface area contributed by atoms with E-state index in [0.717, 1.165) is 6.42 Å². The van der Waals surface area contributed by atoms with E-state index >= 15 is 0 Å². The van der Waals surface area contributed by atoms with Gasteiger partial charge in [0.05, 0.1) is 5.02 Å². The maximum Gasteiger partial charge on any atom is 0.331 e. The van der Waals surface area contributed by atoms with Crippen LogP contribution in [0.5, 0.6) is 11.5 Å².